The third-order valence-corrected chi connectivity index (χ3v) is 0.638. The van der Waals surface area contributed by atoms with Crippen molar-refractivity contribution >= 4 is 5.91 Å². The summed E-state index contributed by atoms with van der Waals surface area (Å²) < 4.78 is 0. The Balaban J connectivity index is 3.05. The predicted molar refractivity (Wildman–Crippen MR) is 28.8 cm³/mol. The van der Waals surface area contributed by atoms with Crippen molar-refractivity contribution in [2.45, 2.75) is 20.0 Å². The first-order valence-corrected chi connectivity index (χ1v) is 2.53. The van der Waals surface area contributed by atoms with Crippen LogP contribution in [-0.2, 0) is 9.90 Å². The molecule has 47 valence electrons. The number of nitrogens with one attached hydrogen (secondary N) is 1. The molecule has 0 bridgehead atoms. The van der Waals surface area contributed by atoms with E-state index in [0.717, 1.165) is 0 Å². The van der Waals surface area contributed by atoms with Crippen LogP contribution >= 0.6 is 0 Å². The highest BCUT2D eigenvalue weighted by Crippen LogP contribution is 1.74. The molecule has 0 aromatic carbocycles. The van der Waals surface area contributed by atoms with Crippen LogP contribution in [0.25, 0.3) is 0 Å². The lowest BCUT2D eigenvalue weighted by Crippen LogP contribution is -2.27. The maximum Gasteiger partial charge on any atom is 0.216 e. The van der Waals surface area contributed by atoms with Crippen LogP contribution in [0, 0.1) is 0 Å². The molecule has 1 N–H and O–H groups in total. The van der Waals surface area contributed by atoms with Gasteiger partial charge in [-0.15, -0.1) is 0 Å². The molecule has 0 aromatic rings. The number of rotatable bonds is 2. The van der Waals surface area contributed by atoms with E-state index in [2.05, 4.69) is 5.32 Å². The highest BCUT2D eigenvalue weighted by atomic mass is 16.3. The van der Waals surface area contributed by atoms with Crippen molar-refractivity contribution in [1.82, 2.24) is 5.32 Å². The van der Waals surface area contributed by atoms with Gasteiger partial charge in [0.15, 0.2) is 0 Å². The molecule has 0 rings (SSSR count). The molecule has 1 radical (unpaired) electrons. The molecule has 0 aliphatic carbocycles. The number of amides is 1. The van der Waals surface area contributed by atoms with E-state index in [1.807, 2.05) is 0 Å². The molecule has 0 spiro atoms. The molecule has 0 saturated heterocycles. The van der Waals surface area contributed by atoms with Crippen molar-refractivity contribution in [1.29, 1.82) is 0 Å². The third kappa shape index (κ3) is 5.43. The van der Waals surface area contributed by atoms with Gasteiger partial charge in [0.05, 0.1) is 0 Å². The average molecular weight is 116 g/mol. The monoisotopic (exact) mass is 116 g/mol. The highest BCUT2D eigenvalue weighted by Gasteiger charge is 1.95. The largest absolute Gasteiger partial charge is 0.354 e. The second kappa shape index (κ2) is 3.43. The minimum absolute atomic E-state index is 0.146. The number of hydrogen-bond donors (Lipinski definition) is 1. The second-order valence-electron chi connectivity index (χ2n) is 1.75. The van der Waals surface area contributed by atoms with Gasteiger partial charge in [-0.1, -0.05) is 0 Å². The van der Waals surface area contributed by atoms with Crippen molar-refractivity contribution in [3.05, 3.63) is 0 Å². The van der Waals surface area contributed by atoms with Crippen molar-refractivity contribution in [2.24, 2.45) is 0 Å². The summed E-state index contributed by atoms with van der Waals surface area (Å²) in [5, 5.41) is 12.6. The Labute approximate surface area is 48.7 Å². The zero-order chi connectivity index (χ0) is 6.57. The van der Waals surface area contributed by atoms with Gasteiger partial charge in [-0.25, -0.2) is 5.11 Å². The molecular weight excluding hydrogens is 106 g/mol. The lowest BCUT2D eigenvalue weighted by Gasteiger charge is -1.99. The van der Waals surface area contributed by atoms with Gasteiger partial charge in [-0.3, -0.25) is 4.79 Å². The van der Waals surface area contributed by atoms with E-state index in [0.29, 0.717) is 0 Å². The van der Waals surface area contributed by atoms with Gasteiger partial charge in [0.2, 0.25) is 5.91 Å². The molecule has 3 nitrogen and oxygen atoms in total. The number of carbonyl (C=O) groups excluding carboxylic acids is 1. The Hall–Kier alpha value is -0.570. The Kier molecular flexibility index (Phi) is 3.19. The SMILES string of the molecule is CC(=O)NCC(C)[O]. The first-order valence-electron chi connectivity index (χ1n) is 2.53. The summed E-state index contributed by atoms with van der Waals surface area (Å²) in [6.07, 6.45) is -0.695. The number of carbonyl (C=O) groups is 1. The standard InChI is InChI=1S/C5H10NO2/c1-4(7)3-6-5(2)8/h4H,3H2,1-2H3,(H,6,8). The van der Waals surface area contributed by atoms with Crippen LogP contribution in [0.2, 0.25) is 0 Å². The summed E-state index contributed by atoms with van der Waals surface area (Å²) in [7, 11) is 0. The van der Waals surface area contributed by atoms with Crippen molar-refractivity contribution in [3.63, 3.8) is 0 Å². The second-order valence-corrected chi connectivity index (χ2v) is 1.75. The Morgan fingerprint density at radius 1 is 1.75 bits per heavy atom. The van der Waals surface area contributed by atoms with Gasteiger partial charge in [0.1, 0.15) is 6.10 Å². The fraction of sp³-hybridized carbons (Fsp3) is 0.800. The summed E-state index contributed by atoms with van der Waals surface area (Å²) in [5.41, 5.74) is 0. The lowest BCUT2D eigenvalue weighted by molar-refractivity contribution is -0.119. The van der Waals surface area contributed by atoms with Crippen molar-refractivity contribution in [2.75, 3.05) is 6.54 Å². The van der Waals surface area contributed by atoms with Gasteiger partial charge >= 0.3 is 0 Å². The number of hydrogen-bond acceptors (Lipinski definition) is 1. The molecule has 0 fully saturated rings. The van der Waals surface area contributed by atoms with Gasteiger partial charge in [-0.2, -0.15) is 0 Å². The quantitative estimate of drug-likeness (QED) is 0.540. The fourth-order valence-corrected chi connectivity index (χ4v) is 0.287. The third-order valence-electron chi connectivity index (χ3n) is 0.638. The van der Waals surface area contributed by atoms with Crippen LogP contribution in [0.4, 0.5) is 0 Å². The summed E-state index contributed by atoms with van der Waals surface area (Å²) in [6.45, 7) is 3.13. The smallest absolute Gasteiger partial charge is 0.216 e. The van der Waals surface area contributed by atoms with Crippen LogP contribution in [0.3, 0.4) is 0 Å². The molecule has 0 saturated carbocycles. The summed E-state index contributed by atoms with van der Waals surface area (Å²) in [4.78, 5) is 10.1. The van der Waals surface area contributed by atoms with Crippen LogP contribution < -0.4 is 5.32 Å². The van der Waals surface area contributed by atoms with Gasteiger partial charge < -0.3 is 5.32 Å². The molecule has 1 atom stereocenters. The van der Waals surface area contributed by atoms with Crippen LogP contribution in [-0.4, -0.2) is 18.6 Å². The fourth-order valence-electron chi connectivity index (χ4n) is 0.287. The van der Waals surface area contributed by atoms with E-state index >= 15 is 0 Å². The van der Waals surface area contributed by atoms with E-state index in [9.17, 15) is 9.90 Å². The molecule has 0 aliphatic rings. The van der Waals surface area contributed by atoms with E-state index in [1.54, 1.807) is 0 Å². The Morgan fingerprint density at radius 2 is 2.25 bits per heavy atom. The topological polar surface area (TPSA) is 49.0 Å². The minimum atomic E-state index is -0.695. The Morgan fingerprint density at radius 3 is 2.38 bits per heavy atom. The van der Waals surface area contributed by atoms with Crippen molar-refractivity contribution in [3.8, 4) is 0 Å². The molecule has 0 heterocycles. The van der Waals surface area contributed by atoms with Gasteiger partial charge in [0.25, 0.3) is 0 Å². The highest BCUT2D eigenvalue weighted by molar-refractivity contribution is 5.72. The Bertz CT molecular complexity index is 80.5. The van der Waals surface area contributed by atoms with E-state index in [1.165, 1.54) is 13.8 Å². The minimum Gasteiger partial charge on any atom is -0.354 e. The first kappa shape index (κ1) is 7.43. The summed E-state index contributed by atoms with van der Waals surface area (Å²) >= 11 is 0. The maximum atomic E-state index is 10.2. The van der Waals surface area contributed by atoms with E-state index in [4.69, 9.17) is 0 Å². The molecule has 1 unspecified atom stereocenters. The first-order chi connectivity index (χ1) is 3.63. The zero-order valence-electron chi connectivity index (χ0n) is 5.10. The van der Waals surface area contributed by atoms with Crippen LogP contribution in [0.15, 0.2) is 0 Å². The molecule has 0 aromatic heterocycles. The summed E-state index contributed by atoms with van der Waals surface area (Å²) in [6, 6.07) is 0. The van der Waals surface area contributed by atoms with E-state index < -0.39 is 6.10 Å². The maximum absolute atomic E-state index is 10.2. The molecule has 1 amide bonds. The summed E-state index contributed by atoms with van der Waals surface area (Å²) in [5.74, 6) is -0.146. The lowest BCUT2D eigenvalue weighted by atomic mass is 10.4. The van der Waals surface area contributed by atoms with Gasteiger partial charge in [0, 0.05) is 13.5 Å². The van der Waals surface area contributed by atoms with Crippen LogP contribution in [0.1, 0.15) is 13.8 Å². The van der Waals surface area contributed by atoms with Crippen LogP contribution in [0.5, 0.6) is 0 Å². The van der Waals surface area contributed by atoms with E-state index in [-0.39, 0.29) is 12.5 Å². The van der Waals surface area contributed by atoms with Crippen molar-refractivity contribution < 1.29 is 9.90 Å². The molecular formula is C5H10NO2. The molecule has 0 aliphatic heterocycles. The predicted octanol–water partition coefficient (Wildman–Crippen LogP) is -0.0585. The zero-order valence-corrected chi connectivity index (χ0v) is 5.10. The van der Waals surface area contributed by atoms with Gasteiger partial charge in [-0.05, 0) is 6.92 Å². The molecule has 8 heavy (non-hydrogen) atoms. The molecule has 3 heteroatoms. The average Bonchev–Trinajstić information content (AvgIpc) is 1.61. The normalized spacial score (nSPS) is 12.9.